The number of nitrogens with one attached hydrogen (secondary N) is 2. The van der Waals surface area contributed by atoms with E-state index >= 15 is 0 Å². The van der Waals surface area contributed by atoms with E-state index in [4.69, 9.17) is 4.99 Å². The van der Waals surface area contributed by atoms with Crippen LogP contribution in [0.2, 0.25) is 0 Å². The van der Waals surface area contributed by atoms with Crippen molar-refractivity contribution in [3.05, 3.63) is 30.2 Å². The molecule has 0 spiro atoms. The van der Waals surface area contributed by atoms with Crippen LogP contribution in [0.5, 0.6) is 0 Å². The number of aliphatic imine (C=N–C) groups is 1. The Morgan fingerprint density at radius 1 is 1.22 bits per heavy atom. The molecule has 27 heavy (non-hydrogen) atoms. The second kappa shape index (κ2) is 11.4. The monoisotopic (exact) mass is 485 g/mol. The molecule has 0 atom stereocenters. The van der Waals surface area contributed by atoms with Gasteiger partial charge in [-0.05, 0) is 44.9 Å². The maximum atomic E-state index is 4.74. The minimum Gasteiger partial charge on any atom is -0.357 e. The Balaban J connectivity index is 0.00000261. The molecular weight excluding hydrogens is 453 g/mol. The quantitative estimate of drug-likeness (QED) is 0.358. The molecule has 0 bridgehead atoms. The number of guanidine groups is 1. The largest absolute Gasteiger partial charge is 0.357 e. The van der Waals surface area contributed by atoms with Gasteiger partial charge in [0.15, 0.2) is 11.6 Å². The molecule has 1 saturated heterocycles. The fraction of sp³-hybridized carbons (Fsp3) is 0.632. The Kier molecular flexibility index (Phi) is 9.26. The second-order valence-electron chi connectivity index (χ2n) is 6.82. The lowest BCUT2D eigenvalue weighted by atomic mass is 10.1. The molecule has 0 aromatic carbocycles. The molecule has 0 radical (unpaired) electrons. The van der Waals surface area contributed by atoms with Gasteiger partial charge in [0.25, 0.3) is 0 Å². The molecule has 3 rings (SSSR count). The van der Waals surface area contributed by atoms with Crippen LogP contribution in [0.4, 0.5) is 0 Å². The predicted molar refractivity (Wildman–Crippen MR) is 121 cm³/mol. The predicted octanol–water partition coefficient (Wildman–Crippen LogP) is 2.32. The lowest BCUT2D eigenvalue weighted by Crippen LogP contribution is -2.48. The van der Waals surface area contributed by atoms with Crippen LogP contribution >= 0.6 is 24.0 Å². The SMILES string of the molecule is CCCN1CCC(NC(=NCCc2nnc3ccccn23)NCC)CC1.I. The summed E-state index contributed by atoms with van der Waals surface area (Å²) in [5.74, 6) is 1.86. The lowest BCUT2D eigenvalue weighted by Gasteiger charge is -2.32. The summed E-state index contributed by atoms with van der Waals surface area (Å²) in [6.45, 7) is 9.49. The summed E-state index contributed by atoms with van der Waals surface area (Å²) >= 11 is 0. The third-order valence-electron chi connectivity index (χ3n) is 4.80. The highest BCUT2D eigenvalue weighted by atomic mass is 127. The Morgan fingerprint density at radius 2 is 2.04 bits per heavy atom. The maximum absolute atomic E-state index is 4.74. The molecule has 8 heteroatoms. The molecule has 2 aromatic heterocycles. The molecule has 3 heterocycles. The Hall–Kier alpha value is -1.42. The summed E-state index contributed by atoms with van der Waals surface area (Å²) in [4.78, 5) is 7.30. The van der Waals surface area contributed by atoms with E-state index in [1.165, 1.54) is 38.9 Å². The molecule has 2 N–H and O–H groups in total. The molecule has 0 aliphatic carbocycles. The van der Waals surface area contributed by atoms with Gasteiger partial charge in [0.2, 0.25) is 0 Å². The number of aromatic nitrogens is 3. The van der Waals surface area contributed by atoms with Crippen molar-refractivity contribution in [1.29, 1.82) is 0 Å². The van der Waals surface area contributed by atoms with Crippen LogP contribution in [0.15, 0.2) is 29.4 Å². The van der Waals surface area contributed by atoms with Gasteiger partial charge < -0.3 is 15.5 Å². The van der Waals surface area contributed by atoms with Crippen LogP contribution in [0.25, 0.3) is 5.65 Å². The van der Waals surface area contributed by atoms with Crippen molar-refractivity contribution in [2.24, 2.45) is 4.99 Å². The van der Waals surface area contributed by atoms with Crippen LogP contribution < -0.4 is 10.6 Å². The van der Waals surface area contributed by atoms with E-state index < -0.39 is 0 Å². The Labute approximate surface area is 179 Å². The van der Waals surface area contributed by atoms with Crippen molar-refractivity contribution >= 4 is 35.6 Å². The van der Waals surface area contributed by atoms with E-state index in [9.17, 15) is 0 Å². The van der Waals surface area contributed by atoms with Crippen LogP contribution in [-0.2, 0) is 6.42 Å². The molecule has 150 valence electrons. The first-order chi connectivity index (χ1) is 12.8. The third kappa shape index (κ3) is 6.31. The summed E-state index contributed by atoms with van der Waals surface area (Å²) in [5, 5.41) is 15.4. The first-order valence-corrected chi connectivity index (χ1v) is 9.86. The van der Waals surface area contributed by atoms with Gasteiger partial charge in [-0.15, -0.1) is 34.2 Å². The molecular formula is C19H32IN7. The number of piperidine rings is 1. The van der Waals surface area contributed by atoms with Gasteiger partial charge in [0.1, 0.15) is 5.82 Å². The first-order valence-electron chi connectivity index (χ1n) is 9.86. The molecule has 0 unspecified atom stereocenters. The molecule has 0 amide bonds. The summed E-state index contributed by atoms with van der Waals surface area (Å²) in [7, 11) is 0. The fourth-order valence-corrected chi connectivity index (χ4v) is 3.46. The smallest absolute Gasteiger partial charge is 0.191 e. The van der Waals surface area contributed by atoms with Crippen molar-refractivity contribution in [3.63, 3.8) is 0 Å². The molecule has 1 aliphatic rings. The Bertz CT molecular complexity index is 707. The van der Waals surface area contributed by atoms with Gasteiger partial charge >= 0.3 is 0 Å². The van der Waals surface area contributed by atoms with E-state index in [0.29, 0.717) is 12.6 Å². The topological polar surface area (TPSA) is 69.8 Å². The minimum absolute atomic E-state index is 0. The summed E-state index contributed by atoms with van der Waals surface area (Å²) in [5.41, 5.74) is 0.885. The number of fused-ring (bicyclic) bond motifs is 1. The van der Waals surface area contributed by atoms with Gasteiger partial charge in [-0.25, -0.2) is 0 Å². The maximum Gasteiger partial charge on any atom is 0.191 e. The number of pyridine rings is 1. The van der Waals surface area contributed by atoms with E-state index in [-0.39, 0.29) is 24.0 Å². The lowest BCUT2D eigenvalue weighted by molar-refractivity contribution is 0.206. The molecule has 1 fully saturated rings. The number of likely N-dealkylation sites (tertiary alicyclic amines) is 1. The molecule has 2 aromatic rings. The number of hydrogen-bond acceptors (Lipinski definition) is 4. The zero-order valence-electron chi connectivity index (χ0n) is 16.4. The number of nitrogens with zero attached hydrogens (tertiary/aromatic N) is 5. The van der Waals surface area contributed by atoms with E-state index in [2.05, 4.69) is 39.6 Å². The minimum atomic E-state index is 0. The van der Waals surface area contributed by atoms with E-state index in [1.807, 2.05) is 28.8 Å². The summed E-state index contributed by atoms with van der Waals surface area (Å²) in [6.07, 6.45) is 6.37. The van der Waals surface area contributed by atoms with Crippen molar-refractivity contribution in [1.82, 2.24) is 30.1 Å². The highest BCUT2D eigenvalue weighted by Gasteiger charge is 2.19. The van der Waals surface area contributed by atoms with Crippen molar-refractivity contribution < 1.29 is 0 Å². The number of halogens is 1. The zero-order chi connectivity index (χ0) is 18.2. The van der Waals surface area contributed by atoms with Gasteiger partial charge in [-0.2, -0.15) is 0 Å². The van der Waals surface area contributed by atoms with Gasteiger partial charge in [-0.1, -0.05) is 13.0 Å². The zero-order valence-corrected chi connectivity index (χ0v) is 18.7. The second-order valence-corrected chi connectivity index (χ2v) is 6.82. The van der Waals surface area contributed by atoms with E-state index in [0.717, 1.165) is 30.4 Å². The van der Waals surface area contributed by atoms with Gasteiger partial charge in [0, 0.05) is 44.8 Å². The highest BCUT2D eigenvalue weighted by molar-refractivity contribution is 14.0. The van der Waals surface area contributed by atoms with Crippen molar-refractivity contribution in [3.8, 4) is 0 Å². The number of hydrogen-bond donors (Lipinski definition) is 2. The fourth-order valence-electron chi connectivity index (χ4n) is 3.46. The van der Waals surface area contributed by atoms with Crippen LogP contribution in [0.1, 0.15) is 38.9 Å². The summed E-state index contributed by atoms with van der Waals surface area (Å²) < 4.78 is 2.03. The van der Waals surface area contributed by atoms with Crippen LogP contribution in [-0.4, -0.2) is 64.2 Å². The normalized spacial score (nSPS) is 16.3. The highest BCUT2D eigenvalue weighted by Crippen LogP contribution is 2.10. The molecule has 0 saturated carbocycles. The molecule has 1 aliphatic heterocycles. The third-order valence-corrected chi connectivity index (χ3v) is 4.80. The van der Waals surface area contributed by atoms with Crippen LogP contribution in [0.3, 0.4) is 0 Å². The van der Waals surface area contributed by atoms with Crippen molar-refractivity contribution in [2.75, 3.05) is 32.7 Å². The van der Waals surface area contributed by atoms with Crippen LogP contribution in [0, 0.1) is 0 Å². The Morgan fingerprint density at radius 3 is 2.78 bits per heavy atom. The molecule has 7 nitrogen and oxygen atoms in total. The van der Waals surface area contributed by atoms with E-state index in [1.54, 1.807) is 0 Å². The average Bonchev–Trinajstić information content (AvgIpc) is 3.07. The first kappa shape index (κ1) is 21.9. The van der Waals surface area contributed by atoms with Crippen molar-refractivity contribution in [2.45, 2.75) is 45.6 Å². The summed E-state index contributed by atoms with van der Waals surface area (Å²) in [6, 6.07) is 6.45. The standard InChI is InChI=1S/C19H31N7.HI/c1-3-12-25-14-9-16(10-15-25)22-19(20-4-2)21-11-8-18-24-23-17-7-5-6-13-26(17)18;/h5-7,13,16H,3-4,8-12,14-15H2,1-2H3,(H2,20,21,22);1H. The van der Waals surface area contributed by atoms with Gasteiger partial charge in [0.05, 0.1) is 0 Å². The number of rotatable bonds is 7. The van der Waals surface area contributed by atoms with Gasteiger partial charge in [-0.3, -0.25) is 9.39 Å². The average molecular weight is 485 g/mol.